The van der Waals surface area contributed by atoms with Gasteiger partial charge in [0.05, 0.1) is 5.56 Å². The first-order valence-corrected chi connectivity index (χ1v) is 10.5. The molecule has 4 bridgehead atoms. The van der Waals surface area contributed by atoms with E-state index in [9.17, 15) is 14.4 Å². The van der Waals surface area contributed by atoms with Crippen LogP contribution in [0, 0.1) is 31.6 Å². The molecule has 4 aliphatic rings. The van der Waals surface area contributed by atoms with Crippen molar-refractivity contribution in [3.8, 4) is 0 Å². The van der Waals surface area contributed by atoms with E-state index in [4.69, 9.17) is 4.74 Å². The van der Waals surface area contributed by atoms with Crippen molar-refractivity contribution in [3.05, 3.63) is 21.4 Å². The summed E-state index contributed by atoms with van der Waals surface area (Å²) in [6.45, 7) is 3.30. The van der Waals surface area contributed by atoms with E-state index in [1.54, 1.807) is 6.07 Å². The van der Waals surface area contributed by atoms with E-state index < -0.39 is 24.5 Å². The van der Waals surface area contributed by atoms with Crippen LogP contribution >= 0.6 is 11.3 Å². The predicted octanol–water partition coefficient (Wildman–Crippen LogP) is 3.32. The first-order chi connectivity index (χ1) is 12.8. The van der Waals surface area contributed by atoms with Gasteiger partial charge in [-0.05, 0) is 76.2 Å². The number of ether oxygens (including phenoxy) is 1. The van der Waals surface area contributed by atoms with Gasteiger partial charge in [-0.3, -0.25) is 10.1 Å². The smallest absolute Gasteiger partial charge is 0.339 e. The average Bonchev–Trinajstić information content (AvgIpc) is 2.89. The number of hydrogen-bond donors (Lipinski definition) is 2. The van der Waals surface area contributed by atoms with Gasteiger partial charge in [0.1, 0.15) is 0 Å². The van der Waals surface area contributed by atoms with Crippen molar-refractivity contribution in [3.63, 3.8) is 0 Å². The van der Waals surface area contributed by atoms with Gasteiger partial charge >= 0.3 is 12.0 Å². The Labute approximate surface area is 163 Å². The van der Waals surface area contributed by atoms with Crippen molar-refractivity contribution >= 4 is 29.2 Å². The number of rotatable bonds is 4. The minimum absolute atomic E-state index is 0.152. The van der Waals surface area contributed by atoms with Gasteiger partial charge in [0.15, 0.2) is 6.61 Å². The van der Waals surface area contributed by atoms with Crippen molar-refractivity contribution in [2.75, 3.05) is 6.61 Å². The Morgan fingerprint density at radius 1 is 1.11 bits per heavy atom. The zero-order valence-corrected chi connectivity index (χ0v) is 16.6. The molecule has 0 unspecified atom stereocenters. The molecular weight excluding hydrogens is 364 g/mol. The Hall–Kier alpha value is -1.89. The summed E-state index contributed by atoms with van der Waals surface area (Å²) < 4.78 is 5.05. The van der Waals surface area contributed by atoms with Crippen LogP contribution in [0.1, 0.15) is 58.6 Å². The van der Waals surface area contributed by atoms with E-state index in [1.807, 2.05) is 13.8 Å². The molecule has 1 aromatic rings. The second kappa shape index (κ2) is 6.93. The summed E-state index contributed by atoms with van der Waals surface area (Å²) >= 11 is 1.51. The molecule has 0 spiro atoms. The van der Waals surface area contributed by atoms with Gasteiger partial charge in [0, 0.05) is 15.3 Å². The zero-order chi connectivity index (χ0) is 19.2. The van der Waals surface area contributed by atoms with Crippen LogP contribution in [-0.2, 0) is 9.53 Å². The number of urea groups is 1. The van der Waals surface area contributed by atoms with Crippen LogP contribution in [0.2, 0.25) is 0 Å². The molecule has 27 heavy (non-hydrogen) atoms. The number of esters is 1. The van der Waals surface area contributed by atoms with Gasteiger partial charge in [-0.25, -0.2) is 9.59 Å². The molecule has 7 heteroatoms. The molecule has 0 aromatic carbocycles. The molecule has 1 heterocycles. The van der Waals surface area contributed by atoms with E-state index >= 15 is 0 Å². The summed E-state index contributed by atoms with van der Waals surface area (Å²) in [6, 6.07) is 1.28. The quantitative estimate of drug-likeness (QED) is 0.773. The highest BCUT2D eigenvalue weighted by Gasteiger charge is 2.51. The predicted molar refractivity (Wildman–Crippen MR) is 102 cm³/mol. The molecular formula is C20H26N2O4S. The first-order valence-electron chi connectivity index (χ1n) is 9.68. The topological polar surface area (TPSA) is 84.5 Å². The maximum atomic E-state index is 12.3. The fourth-order valence-corrected chi connectivity index (χ4v) is 6.65. The SMILES string of the molecule is Cc1cc(C(=O)OCC(=O)NC(=O)NC23CC4CC(CC(C4)C2)C3)c(C)s1. The Morgan fingerprint density at radius 3 is 2.22 bits per heavy atom. The monoisotopic (exact) mass is 390 g/mol. The van der Waals surface area contributed by atoms with Crippen molar-refractivity contribution in [1.29, 1.82) is 0 Å². The largest absolute Gasteiger partial charge is 0.452 e. The van der Waals surface area contributed by atoms with Crippen molar-refractivity contribution < 1.29 is 19.1 Å². The lowest BCUT2D eigenvalue weighted by Gasteiger charge is -2.56. The molecule has 0 saturated heterocycles. The molecule has 4 saturated carbocycles. The number of hydrogen-bond acceptors (Lipinski definition) is 5. The summed E-state index contributed by atoms with van der Waals surface area (Å²) in [5.41, 5.74) is 0.324. The number of aryl methyl sites for hydroxylation is 2. The van der Waals surface area contributed by atoms with Crippen LogP contribution in [0.3, 0.4) is 0 Å². The number of amides is 3. The summed E-state index contributed by atoms with van der Waals surface area (Å²) in [6.07, 6.45) is 6.93. The second-order valence-electron chi connectivity index (χ2n) is 8.60. The molecule has 2 N–H and O–H groups in total. The second-order valence-corrected chi connectivity index (χ2v) is 10.1. The highest BCUT2D eigenvalue weighted by atomic mass is 32.1. The highest BCUT2D eigenvalue weighted by molar-refractivity contribution is 7.12. The van der Waals surface area contributed by atoms with E-state index in [-0.39, 0.29) is 5.54 Å². The van der Waals surface area contributed by atoms with E-state index in [0.717, 1.165) is 29.0 Å². The van der Waals surface area contributed by atoms with Crippen LogP contribution in [0.25, 0.3) is 0 Å². The number of thiophene rings is 1. The Balaban J connectivity index is 1.27. The van der Waals surface area contributed by atoms with Gasteiger partial charge in [-0.15, -0.1) is 11.3 Å². The molecule has 0 aliphatic heterocycles. The third kappa shape index (κ3) is 3.88. The number of imide groups is 1. The maximum Gasteiger partial charge on any atom is 0.339 e. The van der Waals surface area contributed by atoms with Crippen LogP contribution in [0.4, 0.5) is 4.79 Å². The summed E-state index contributed by atoms with van der Waals surface area (Å²) in [5.74, 6) is 1.00. The van der Waals surface area contributed by atoms with Gasteiger partial charge < -0.3 is 10.1 Å². The summed E-state index contributed by atoms with van der Waals surface area (Å²) in [7, 11) is 0. The fourth-order valence-electron chi connectivity index (χ4n) is 5.74. The standard InChI is InChI=1S/C20H26N2O4S/c1-11-3-16(12(2)27-11)18(24)26-10-17(23)21-19(25)22-20-7-13-4-14(8-20)6-15(5-13)9-20/h3,13-15H,4-10H2,1-2H3,(H2,21,22,23,25). The number of carbonyl (C=O) groups excluding carboxylic acids is 3. The highest BCUT2D eigenvalue weighted by Crippen LogP contribution is 2.55. The third-order valence-corrected chi connectivity index (χ3v) is 7.23. The number of nitrogens with one attached hydrogen (secondary N) is 2. The van der Waals surface area contributed by atoms with Crippen molar-refractivity contribution in [2.24, 2.45) is 17.8 Å². The van der Waals surface area contributed by atoms with E-state index in [0.29, 0.717) is 23.3 Å². The van der Waals surface area contributed by atoms with Crippen LogP contribution in [0.5, 0.6) is 0 Å². The number of carbonyl (C=O) groups is 3. The van der Waals surface area contributed by atoms with Crippen LogP contribution in [0.15, 0.2) is 6.07 Å². The molecule has 146 valence electrons. The summed E-state index contributed by atoms with van der Waals surface area (Å²) in [5, 5.41) is 5.40. The lowest BCUT2D eigenvalue weighted by Crippen LogP contribution is -2.62. The van der Waals surface area contributed by atoms with Crippen molar-refractivity contribution in [2.45, 2.75) is 57.9 Å². The normalized spacial score (nSPS) is 30.8. The summed E-state index contributed by atoms with van der Waals surface area (Å²) in [4.78, 5) is 38.3. The van der Waals surface area contributed by atoms with Crippen LogP contribution in [-0.4, -0.2) is 30.1 Å². The molecule has 5 rings (SSSR count). The third-order valence-electron chi connectivity index (χ3n) is 6.27. The minimum Gasteiger partial charge on any atom is -0.452 e. The Bertz CT molecular complexity index is 750. The molecule has 1 aromatic heterocycles. The van der Waals surface area contributed by atoms with E-state index in [1.165, 1.54) is 30.6 Å². The Kier molecular flexibility index (Phi) is 4.74. The molecule has 6 nitrogen and oxygen atoms in total. The zero-order valence-electron chi connectivity index (χ0n) is 15.8. The van der Waals surface area contributed by atoms with Crippen molar-refractivity contribution in [1.82, 2.24) is 10.6 Å². The van der Waals surface area contributed by atoms with Gasteiger partial charge in [0.2, 0.25) is 0 Å². The van der Waals surface area contributed by atoms with Gasteiger partial charge in [-0.2, -0.15) is 0 Å². The lowest BCUT2D eigenvalue weighted by atomic mass is 9.53. The molecule has 4 fully saturated rings. The fraction of sp³-hybridized carbons (Fsp3) is 0.650. The van der Waals surface area contributed by atoms with Gasteiger partial charge in [-0.1, -0.05) is 0 Å². The molecule has 0 atom stereocenters. The minimum atomic E-state index is -0.602. The van der Waals surface area contributed by atoms with E-state index in [2.05, 4.69) is 10.6 Å². The molecule has 4 aliphatic carbocycles. The molecule has 3 amide bonds. The van der Waals surface area contributed by atoms with Crippen LogP contribution < -0.4 is 10.6 Å². The molecule has 0 radical (unpaired) electrons. The maximum absolute atomic E-state index is 12.3. The lowest BCUT2D eigenvalue weighted by molar-refractivity contribution is -0.123. The average molecular weight is 391 g/mol. The Morgan fingerprint density at radius 2 is 1.70 bits per heavy atom. The first kappa shape index (κ1) is 18.5. The van der Waals surface area contributed by atoms with Gasteiger partial charge in [0.25, 0.3) is 5.91 Å².